The minimum Gasteiger partial charge on any atom is -0.309 e. The first-order valence-electron chi connectivity index (χ1n) is 8.83. The van der Waals surface area contributed by atoms with Crippen LogP contribution in [0.5, 0.6) is 0 Å². The highest BCUT2D eigenvalue weighted by Crippen LogP contribution is 2.41. The van der Waals surface area contributed by atoms with Crippen LogP contribution in [0.3, 0.4) is 0 Å². The van der Waals surface area contributed by atoms with Gasteiger partial charge in [-0.25, -0.2) is 4.98 Å². The van der Waals surface area contributed by atoms with Crippen LogP contribution in [0.1, 0.15) is 53.5 Å². The zero-order chi connectivity index (χ0) is 16.8. The molecule has 0 amide bonds. The van der Waals surface area contributed by atoms with Crippen molar-refractivity contribution in [1.82, 2.24) is 25.1 Å². The van der Waals surface area contributed by atoms with Crippen LogP contribution in [0, 0.1) is 0 Å². The number of nitrogens with zero attached hydrogens (tertiary/aromatic N) is 4. The van der Waals surface area contributed by atoms with Crippen LogP contribution in [0.4, 0.5) is 0 Å². The molecule has 6 nitrogen and oxygen atoms in total. The van der Waals surface area contributed by atoms with Gasteiger partial charge in [0, 0.05) is 5.92 Å². The topological polar surface area (TPSA) is 74.8 Å². The van der Waals surface area contributed by atoms with Crippen molar-refractivity contribution in [1.29, 1.82) is 0 Å². The van der Waals surface area contributed by atoms with Gasteiger partial charge in [-0.2, -0.15) is 0 Å². The van der Waals surface area contributed by atoms with Crippen molar-refractivity contribution in [3.63, 3.8) is 0 Å². The summed E-state index contributed by atoms with van der Waals surface area (Å²) in [7, 11) is 0. The first-order valence-corrected chi connectivity index (χ1v) is 9.65. The summed E-state index contributed by atoms with van der Waals surface area (Å²) in [6.07, 6.45) is 4.62. The maximum Gasteiger partial charge on any atom is 0.258 e. The fourth-order valence-electron chi connectivity index (χ4n) is 3.59. The average molecular weight is 353 g/mol. The highest BCUT2D eigenvalue weighted by molar-refractivity contribution is 7.11. The SMILES string of the molecule is O=c1[nH]c(C2CCCN2Cc2nnc(C3CC3)s2)nc2ccccc12. The van der Waals surface area contributed by atoms with E-state index >= 15 is 0 Å². The van der Waals surface area contributed by atoms with E-state index in [1.807, 2.05) is 24.3 Å². The molecule has 1 aliphatic heterocycles. The fraction of sp³-hybridized carbons (Fsp3) is 0.444. The van der Waals surface area contributed by atoms with Crippen molar-refractivity contribution < 1.29 is 0 Å². The van der Waals surface area contributed by atoms with Crippen LogP contribution in [-0.2, 0) is 6.54 Å². The van der Waals surface area contributed by atoms with Crippen LogP contribution in [0.2, 0.25) is 0 Å². The Bertz CT molecular complexity index is 977. The lowest BCUT2D eigenvalue weighted by Crippen LogP contribution is -2.26. The Morgan fingerprint density at radius 2 is 2.08 bits per heavy atom. The quantitative estimate of drug-likeness (QED) is 0.780. The Labute approximate surface area is 148 Å². The Kier molecular flexibility index (Phi) is 3.64. The second-order valence-corrected chi connectivity index (χ2v) is 8.00. The van der Waals surface area contributed by atoms with Gasteiger partial charge in [0.15, 0.2) is 0 Å². The molecule has 0 bridgehead atoms. The molecule has 0 spiro atoms. The number of H-pyrrole nitrogens is 1. The van der Waals surface area contributed by atoms with E-state index in [0.717, 1.165) is 42.3 Å². The molecule has 1 atom stereocenters. The Hall–Kier alpha value is -2.12. The summed E-state index contributed by atoms with van der Waals surface area (Å²) in [5, 5.41) is 11.6. The van der Waals surface area contributed by atoms with Crippen molar-refractivity contribution in [3.05, 3.63) is 50.5 Å². The molecule has 2 aliphatic rings. The molecule has 1 unspecified atom stereocenters. The highest BCUT2D eigenvalue weighted by atomic mass is 32.1. The maximum absolute atomic E-state index is 12.4. The van der Waals surface area contributed by atoms with Gasteiger partial charge in [-0.05, 0) is 44.4 Å². The molecule has 3 aromatic rings. The summed E-state index contributed by atoms with van der Waals surface area (Å²) in [4.78, 5) is 22.5. The Balaban J connectivity index is 1.43. The molecule has 2 fully saturated rings. The van der Waals surface area contributed by atoms with Crippen molar-refractivity contribution in [3.8, 4) is 0 Å². The maximum atomic E-state index is 12.4. The number of nitrogens with one attached hydrogen (secondary N) is 1. The van der Waals surface area contributed by atoms with Crippen molar-refractivity contribution in [2.24, 2.45) is 0 Å². The Morgan fingerprint density at radius 3 is 2.96 bits per heavy atom. The van der Waals surface area contributed by atoms with Crippen molar-refractivity contribution in [2.45, 2.75) is 44.2 Å². The summed E-state index contributed by atoms with van der Waals surface area (Å²) in [6, 6.07) is 7.66. The molecule has 0 radical (unpaired) electrons. The van der Waals surface area contributed by atoms with E-state index in [2.05, 4.69) is 20.1 Å². The number of aromatic amines is 1. The summed E-state index contributed by atoms with van der Waals surface area (Å²) in [5.41, 5.74) is 0.708. The van der Waals surface area contributed by atoms with Crippen molar-refractivity contribution >= 4 is 22.2 Å². The molecular formula is C18H19N5OS. The highest BCUT2D eigenvalue weighted by Gasteiger charge is 2.31. The third-order valence-corrected chi connectivity index (χ3v) is 6.13. The van der Waals surface area contributed by atoms with E-state index in [4.69, 9.17) is 4.98 Å². The van der Waals surface area contributed by atoms with Gasteiger partial charge >= 0.3 is 0 Å². The molecule has 7 heteroatoms. The molecular weight excluding hydrogens is 334 g/mol. The van der Waals surface area contributed by atoms with E-state index in [9.17, 15) is 4.79 Å². The van der Waals surface area contributed by atoms with Gasteiger partial charge in [0.25, 0.3) is 5.56 Å². The van der Waals surface area contributed by atoms with Crippen LogP contribution in [-0.4, -0.2) is 31.6 Å². The zero-order valence-electron chi connectivity index (χ0n) is 13.8. The van der Waals surface area contributed by atoms with Gasteiger partial charge in [0.2, 0.25) is 0 Å². The minimum atomic E-state index is -0.0561. The first kappa shape index (κ1) is 15.2. The number of hydrogen-bond acceptors (Lipinski definition) is 6. The predicted molar refractivity (Wildman–Crippen MR) is 96.6 cm³/mol. The van der Waals surface area contributed by atoms with Crippen LogP contribution >= 0.6 is 11.3 Å². The largest absolute Gasteiger partial charge is 0.309 e. The number of para-hydroxylation sites is 1. The van der Waals surface area contributed by atoms with Gasteiger partial charge in [-0.3, -0.25) is 9.69 Å². The summed E-state index contributed by atoms with van der Waals surface area (Å²) in [5.74, 6) is 1.42. The van der Waals surface area contributed by atoms with Crippen LogP contribution in [0.15, 0.2) is 29.1 Å². The van der Waals surface area contributed by atoms with Gasteiger partial charge in [0.05, 0.1) is 23.5 Å². The van der Waals surface area contributed by atoms with Gasteiger partial charge in [0.1, 0.15) is 15.8 Å². The third kappa shape index (κ3) is 2.87. The average Bonchev–Trinajstić information content (AvgIpc) is 3.19. The van der Waals surface area contributed by atoms with Crippen LogP contribution in [0.25, 0.3) is 10.9 Å². The zero-order valence-corrected chi connectivity index (χ0v) is 14.6. The molecule has 128 valence electrons. The van der Waals surface area contributed by atoms with Gasteiger partial charge in [-0.15, -0.1) is 10.2 Å². The number of likely N-dealkylation sites (tertiary alicyclic amines) is 1. The molecule has 1 aromatic carbocycles. The molecule has 1 saturated carbocycles. The molecule has 25 heavy (non-hydrogen) atoms. The Morgan fingerprint density at radius 1 is 1.20 bits per heavy atom. The molecule has 2 aromatic heterocycles. The number of rotatable bonds is 4. The van der Waals surface area contributed by atoms with E-state index < -0.39 is 0 Å². The summed E-state index contributed by atoms with van der Waals surface area (Å²) in [6.45, 7) is 1.78. The number of aromatic nitrogens is 4. The molecule has 1 aliphatic carbocycles. The molecule has 1 N–H and O–H groups in total. The van der Waals surface area contributed by atoms with Gasteiger partial charge < -0.3 is 4.98 Å². The van der Waals surface area contributed by atoms with E-state index in [1.54, 1.807) is 11.3 Å². The molecule has 5 rings (SSSR count). The van der Waals surface area contributed by atoms with E-state index in [0.29, 0.717) is 11.3 Å². The second kappa shape index (κ2) is 6.00. The van der Waals surface area contributed by atoms with Crippen molar-refractivity contribution in [2.75, 3.05) is 6.54 Å². The summed E-state index contributed by atoms with van der Waals surface area (Å²) >= 11 is 1.74. The molecule has 1 saturated heterocycles. The summed E-state index contributed by atoms with van der Waals surface area (Å²) < 4.78 is 0. The first-order chi connectivity index (χ1) is 12.3. The monoisotopic (exact) mass is 353 g/mol. The standard InChI is InChI=1S/C18H19N5OS/c24-17-12-4-1-2-5-13(12)19-16(20-17)14-6-3-9-23(14)10-15-21-22-18(25-15)11-7-8-11/h1-2,4-5,11,14H,3,6-10H2,(H,19,20,24). The smallest absolute Gasteiger partial charge is 0.258 e. The van der Waals surface area contributed by atoms with Crippen LogP contribution < -0.4 is 5.56 Å². The fourth-order valence-corrected chi connectivity index (χ4v) is 4.62. The normalized spacial score (nSPS) is 21.2. The lowest BCUT2D eigenvalue weighted by molar-refractivity contribution is 0.239. The predicted octanol–water partition coefficient (Wildman–Crippen LogP) is 2.99. The number of fused-ring (bicyclic) bond motifs is 1. The van der Waals surface area contributed by atoms with E-state index in [1.165, 1.54) is 17.8 Å². The number of hydrogen-bond donors (Lipinski definition) is 1. The third-order valence-electron chi connectivity index (χ3n) is 5.06. The lowest BCUT2D eigenvalue weighted by atomic mass is 10.2. The number of benzene rings is 1. The van der Waals surface area contributed by atoms with Gasteiger partial charge in [-0.1, -0.05) is 23.5 Å². The van der Waals surface area contributed by atoms with E-state index in [-0.39, 0.29) is 11.6 Å². The second-order valence-electron chi connectivity index (χ2n) is 6.91. The minimum absolute atomic E-state index is 0.0561. The molecule has 3 heterocycles. The lowest BCUT2D eigenvalue weighted by Gasteiger charge is -2.22.